The van der Waals surface area contributed by atoms with Crippen molar-refractivity contribution in [3.63, 3.8) is 0 Å². The summed E-state index contributed by atoms with van der Waals surface area (Å²) in [5.74, 6) is 0. The lowest BCUT2D eigenvalue weighted by molar-refractivity contribution is -0.409. The Morgan fingerprint density at radius 2 is 2.22 bits per heavy atom. The molecule has 0 aliphatic carbocycles. The predicted molar refractivity (Wildman–Crippen MR) is 37.7 cm³/mol. The van der Waals surface area contributed by atoms with Gasteiger partial charge in [-0.1, -0.05) is 0 Å². The van der Waals surface area contributed by atoms with Crippen LogP contribution in [0.15, 0.2) is 10.8 Å². The molecule has 0 aliphatic heterocycles. The molecule has 4 nitrogen and oxygen atoms in total. The van der Waals surface area contributed by atoms with Gasteiger partial charge in [0.15, 0.2) is 0 Å². The average Bonchev–Trinajstić information content (AvgIpc) is 1.63. The molecule has 0 atom stereocenters. The average molecular weight is 195 g/mol. The summed E-state index contributed by atoms with van der Waals surface area (Å²) in [7, 11) is 3.43. The van der Waals surface area contributed by atoms with E-state index in [1.165, 1.54) is 6.20 Å². The minimum atomic E-state index is -0.500. The van der Waals surface area contributed by atoms with E-state index >= 15 is 0 Å². The normalized spacial score (nSPS) is 11.2. The molecule has 0 N–H and O–H groups in total. The first-order chi connectivity index (χ1) is 4.04. The lowest BCUT2D eigenvalue weighted by atomic mass is 10.8. The predicted octanol–water partition coefficient (Wildman–Crippen LogP) is 1.02. The van der Waals surface area contributed by atoms with Crippen LogP contribution in [0.2, 0.25) is 0 Å². The molecule has 9 heavy (non-hydrogen) atoms. The molecule has 0 aliphatic rings. The van der Waals surface area contributed by atoms with Crippen molar-refractivity contribution in [1.29, 1.82) is 0 Å². The standard InChI is InChI=1S/C4H7BrN2O2/c1-6(2)3-4(5)7(8)9/h3H,1-2H3/b4-3-. The molecule has 0 spiro atoms. The van der Waals surface area contributed by atoms with E-state index in [1.807, 2.05) is 0 Å². The Labute approximate surface area is 61.4 Å². The quantitative estimate of drug-likeness (QED) is 0.375. The van der Waals surface area contributed by atoms with E-state index in [-0.39, 0.29) is 4.61 Å². The van der Waals surface area contributed by atoms with Crippen LogP contribution in [0.3, 0.4) is 0 Å². The largest absolute Gasteiger partial charge is 0.378 e. The maximum absolute atomic E-state index is 9.90. The van der Waals surface area contributed by atoms with Gasteiger partial charge in [0.05, 0.1) is 11.1 Å². The van der Waals surface area contributed by atoms with Gasteiger partial charge in [0, 0.05) is 30.0 Å². The van der Waals surface area contributed by atoms with Crippen molar-refractivity contribution in [3.05, 3.63) is 20.9 Å². The van der Waals surface area contributed by atoms with Crippen molar-refractivity contribution in [3.8, 4) is 0 Å². The van der Waals surface area contributed by atoms with Gasteiger partial charge in [-0.25, -0.2) is 0 Å². The van der Waals surface area contributed by atoms with Gasteiger partial charge in [-0.15, -0.1) is 0 Å². The molecule has 0 aromatic heterocycles. The highest BCUT2D eigenvalue weighted by molar-refractivity contribution is 9.11. The molecule has 0 radical (unpaired) electrons. The second-order valence-corrected chi connectivity index (χ2v) is 2.49. The van der Waals surface area contributed by atoms with E-state index < -0.39 is 4.92 Å². The maximum atomic E-state index is 9.90. The van der Waals surface area contributed by atoms with Gasteiger partial charge in [-0.3, -0.25) is 10.1 Å². The third-order valence-electron chi connectivity index (χ3n) is 0.539. The number of hydrogen-bond acceptors (Lipinski definition) is 3. The number of halogens is 1. The van der Waals surface area contributed by atoms with Crippen LogP contribution in [0.5, 0.6) is 0 Å². The van der Waals surface area contributed by atoms with Crippen LogP contribution in [0.4, 0.5) is 0 Å². The summed E-state index contributed by atoms with van der Waals surface area (Å²) in [4.78, 5) is 11.0. The van der Waals surface area contributed by atoms with Gasteiger partial charge in [0.25, 0.3) is 0 Å². The Hall–Kier alpha value is -0.580. The molecule has 0 saturated carbocycles. The molecule has 0 rings (SSSR count). The summed E-state index contributed by atoms with van der Waals surface area (Å²) in [6.45, 7) is 0. The lowest BCUT2D eigenvalue weighted by Crippen LogP contribution is -2.04. The van der Waals surface area contributed by atoms with Gasteiger partial charge < -0.3 is 4.90 Å². The first kappa shape index (κ1) is 8.42. The molecule has 0 fully saturated rings. The van der Waals surface area contributed by atoms with E-state index in [0.717, 1.165) is 0 Å². The summed E-state index contributed by atoms with van der Waals surface area (Å²) in [5, 5.41) is 9.90. The highest BCUT2D eigenvalue weighted by Gasteiger charge is 2.02. The number of nitro groups is 1. The van der Waals surface area contributed by atoms with Crippen LogP contribution in [-0.2, 0) is 0 Å². The van der Waals surface area contributed by atoms with Crippen molar-refractivity contribution >= 4 is 15.9 Å². The van der Waals surface area contributed by atoms with Gasteiger partial charge in [0.1, 0.15) is 0 Å². The Balaban J connectivity index is 4.00. The highest BCUT2D eigenvalue weighted by Crippen LogP contribution is 2.04. The van der Waals surface area contributed by atoms with E-state index in [2.05, 4.69) is 15.9 Å². The number of rotatable bonds is 2. The van der Waals surface area contributed by atoms with Crippen molar-refractivity contribution in [2.45, 2.75) is 0 Å². The summed E-state index contributed by atoms with van der Waals surface area (Å²) < 4.78 is -0.0347. The summed E-state index contributed by atoms with van der Waals surface area (Å²) in [5.41, 5.74) is 0. The van der Waals surface area contributed by atoms with Crippen LogP contribution in [-0.4, -0.2) is 23.9 Å². The van der Waals surface area contributed by atoms with Gasteiger partial charge in [-0.05, 0) is 0 Å². The molecule has 0 saturated heterocycles. The lowest BCUT2D eigenvalue weighted by Gasteiger charge is -2.00. The molecule has 0 bridgehead atoms. The van der Waals surface area contributed by atoms with Crippen LogP contribution in [0.25, 0.3) is 0 Å². The minimum absolute atomic E-state index is 0.0347. The maximum Gasteiger partial charge on any atom is 0.326 e. The molecule has 0 amide bonds. The van der Waals surface area contributed by atoms with Crippen LogP contribution in [0.1, 0.15) is 0 Å². The summed E-state index contributed by atoms with van der Waals surface area (Å²) in [6.07, 6.45) is 1.38. The zero-order valence-electron chi connectivity index (χ0n) is 5.17. The molecule has 52 valence electrons. The highest BCUT2D eigenvalue weighted by atomic mass is 79.9. The van der Waals surface area contributed by atoms with Gasteiger partial charge >= 0.3 is 4.61 Å². The SMILES string of the molecule is CN(C)/C=C(/Br)[N+](=O)[O-]. The van der Waals surface area contributed by atoms with Crippen molar-refractivity contribution in [2.24, 2.45) is 0 Å². The molecule has 0 aromatic rings. The number of nitrogens with zero attached hydrogens (tertiary/aromatic N) is 2. The summed E-state index contributed by atoms with van der Waals surface area (Å²) in [6, 6.07) is 0. The molecular formula is C4H7BrN2O2. The zero-order valence-corrected chi connectivity index (χ0v) is 6.75. The fourth-order valence-electron chi connectivity index (χ4n) is 0.260. The monoisotopic (exact) mass is 194 g/mol. The third kappa shape index (κ3) is 3.96. The van der Waals surface area contributed by atoms with Crippen molar-refractivity contribution in [2.75, 3.05) is 14.1 Å². The van der Waals surface area contributed by atoms with Crippen LogP contribution >= 0.6 is 15.9 Å². The first-order valence-corrected chi connectivity index (χ1v) is 3.01. The van der Waals surface area contributed by atoms with Crippen LogP contribution < -0.4 is 0 Å². The second-order valence-electron chi connectivity index (χ2n) is 1.67. The molecule has 0 heterocycles. The third-order valence-corrected chi connectivity index (χ3v) is 1.03. The van der Waals surface area contributed by atoms with Gasteiger partial charge in [0.2, 0.25) is 0 Å². The first-order valence-electron chi connectivity index (χ1n) is 2.22. The minimum Gasteiger partial charge on any atom is -0.378 e. The van der Waals surface area contributed by atoms with E-state index in [9.17, 15) is 10.1 Å². The second kappa shape index (κ2) is 3.45. The van der Waals surface area contributed by atoms with E-state index in [0.29, 0.717) is 0 Å². The van der Waals surface area contributed by atoms with Crippen LogP contribution in [0, 0.1) is 10.1 Å². The smallest absolute Gasteiger partial charge is 0.326 e. The van der Waals surface area contributed by atoms with Crippen molar-refractivity contribution < 1.29 is 4.92 Å². The van der Waals surface area contributed by atoms with Gasteiger partial charge in [-0.2, -0.15) is 0 Å². The molecule has 0 unspecified atom stereocenters. The Morgan fingerprint density at radius 3 is 2.33 bits per heavy atom. The van der Waals surface area contributed by atoms with E-state index in [4.69, 9.17) is 0 Å². The Bertz CT molecular complexity index is 144. The molecular weight excluding hydrogens is 188 g/mol. The van der Waals surface area contributed by atoms with Crippen molar-refractivity contribution in [1.82, 2.24) is 4.90 Å². The summed E-state index contributed by atoms with van der Waals surface area (Å²) >= 11 is 2.76. The molecule has 5 heteroatoms. The fraction of sp³-hybridized carbons (Fsp3) is 0.500. The zero-order chi connectivity index (χ0) is 7.44. The molecule has 0 aromatic carbocycles. The Kier molecular flexibility index (Phi) is 3.22. The topological polar surface area (TPSA) is 46.4 Å². The van der Waals surface area contributed by atoms with E-state index in [1.54, 1.807) is 19.0 Å². The Morgan fingerprint density at radius 1 is 1.78 bits per heavy atom. The fourth-order valence-corrected chi connectivity index (χ4v) is 0.670. The number of hydrogen-bond donors (Lipinski definition) is 0.